The number of halogens is 3. The Morgan fingerprint density at radius 1 is 1.50 bits per heavy atom. The smallest absolute Gasteiger partial charge is 0.417 e. The van der Waals surface area contributed by atoms with Crippen LogP contribution in [-0.2, 0) is 14.3 Å². The standard InChI is InChI=1S/C9H12F3NO5/c1-3-4-18-8(16)13-5(7(14)15)6(17-2)9(10,11)12/h3,5-6H,1,4H2,2H3,(H,13,16)(H,14,15). The van der Waals surface area contributed by atoms with Gasteiger partial charge in [-0.15, -0.1) is 0 Å². The molecule has 0 aliphatic heterocycles. The van der Waals surface area contributed by atoms with Gasteiger partial charge >= 0.3 is 18.2 Å². The molecule has 18 heavy (non-hydrogen) atoms. The highest BCUT2D eigenvalue weighted by atomic mass is 19.4. The molecule has 9 heteroatoms. The number of hydrogen-bond acceptors (Lipinski definition) is 4. The fraction of sp³-hybridized carbons (Fsp3) is 0.556. The molecule has 0 spiro atoms. The summed E-state index contributed by atoms with van der Waals surface area (Å²) in [5.74, 6) is -1.89. The van der Waals surface area contributed by atoms with Crippen molar-refractivity contribution < 1.29 is 37.3 Å². The van der Waals surface area contributed by atoms with Gasteiger partial charge in [-0.1, -0.05) is 12.7 Å². The van der Waals surface area contributed by atoms with Crippen molar-refractivity contribution >= 4 is 12.1 Å². The summed E-state index contributed by atoms with van der Waals surface area (Å²) in [4.78, 5) is 21.7. The molecule has 0 aliphatic rings. The van der Waals surface area contributed by atoms with E-state index in [1.165, 1.54) is 6.08 Å². The lowest BCUT2D eigenvalue weighted by molar-refractivity contribution is -0.223. The zero-order valence-corrected chi connectivity index (χ0v) is 9.36. The molecule has 104 valence electrons. The molecule has 2 N–H and O–H groups in total. The second-order valence-corrected chi connectivity index (χ2v) is 3.05. The highest BCUT2D eigenvalue weighted by Gasteiger charge is 2.49. The molecule has 0 aromatic rings. The lowest BCUT2D eigenvalue weighted by Crippen LogP contribution is -2.55. The molecule has 0 aromatic carbocycles. The lowest BCUT2D eigenvalue weighted by atomic mass is 10.1. The number of hydrogen-bond donors (Lipinski definition) is 2. The largest absolute Gasteiger partial charge is 0.480 e. The summed E-state index contributed by atoms with van der Waals surface area (Å²) >= 11 is 0. The maximum Gasteiger partial charge on any atom is 0.417 e. The van der Waals surface area contributed by atoms with Crippen molar-refractivity contribution in [3.63, 3.8) is 0 Å². The molecule has 1 amide bonds. The molecule has 2 atom stereocenters. The first-order chi connectivity index (χ1) is 8.23. The molecule has 0 aliphatic carbocycles. The molecule has 0 heterocycles. The Labute approximate surface area is 100 Å². The number of methoxy groups -OCH3 is 1. The first-order valence-electron chi connectivity index (χ1n) is 4.60. The van der Waals surface area contributed by atoms with E-state index in [0.717, 1.165) is 0 Å². The Morgan fingerprint density at radius 3 is 2.39 bits per heavy atom. The van der Waals surface area contributed by atoms with Crippen LogP contribution in [0.1, 0.15) is 0 Å². The van der Waals surface area contributed by atoms with Crippen molar-refractivity contribution in [3.8, 4) is 0 Å². The number of aliphatic carboxylic acids is 1. The SMILES string of the molecule is C=CCOC(=O)NC(C(=O)O)C(OC)C(F)(F)F. The van der Waals surface area contributed by atoms with Gasteiger partial charge in [-0.2, -0.15) is 13.2 Å². The molecule has 0 fully saturated rings. The highest BCUT2D eigenvalue weighted by Crippen LogP contribution is 2.25. The molecule has 0 bridgehead atoms. The van der Waals surface area contributed by atoms with Crippen LogP contribution in [-0.4, -0.2) is 49.2 Å². The molecule has 0 rings (SSSR count). The predicted octanol–water partition coefficient (Wildman–Crippen LogP) is 0.929. The van der Waals surface area contributed by atoms with Gasteiger partial charge in [-0.25, -0.2) is 9.59 Å². The van der Waals surface area contributed by atoms with Crippen LogP contribution in [0.5, 0.6) is 0 Å². The normalized spacial score (nSPS) is 14.4. The zero-order chi connectivity index (χ0) is 14.3. The van der Waals surface area contributed by atoms with Crippen molar-refractivity contribution in [1.82, 2.24) is 5.32 Å². The number of nitrogens with one attached hydrogen (secondary N) is 1. The number of ether oxygens (including phenoxy) is 2. The van der Waals surface area contributed by atoms with Crippen LogP contribution in [0.25, 0.3) is 0 Å². The summed E-state index contributed by atoms with van der Waals surface area (Å²) in [6, 6.07) is -2.30. The second-order valence-electron chi connectivity index (χ2n) is 3.05. The minimum Gasteiger partial charge on any atom is -0.480 e. The van der Waals surface area contributed by atoms with Crippen LogP contribution < -0.4 is 5.32 Å². The highest BCUT2D eigenvalue weighted by molar-refractivity contribution is 5.80. The number of carbonyl (C=O) groups is 2. The van der Waals surface area contributed by atoms with Gasteiger partial charge in [0.1, 0.15) is 6.61 Å². The number of rotatable bonds is 6. The van der Waals surface area contributed by atoms with Crippen molar-refractivity contribution in [3.05, 3.63) is 12.7 Å². The van der Waals surface area contributed by atoms with Gasteiger partial charge in [0, 0.05) is 7.11 Å². The second kappa shape index (κ2) is 6.84. The van der Waals surface area contributed by atoms with E-state index >= 15 is 0 Å². The van der Waals surface area contributed by atoms with E-state index in [2.05, 4.69) is 16.1 Å². The van der Waals surface area contributed by atoms with Gasteiger partial charge in [0.2, 0.25) is 0 Å². The lowest BCUT2D eigenvalue weighted by Gasteiger charge is -2.25. The summed E-state index contributed by atoms with van der Waals surface area (Å²) in [5.41, 5.74) is 0. The van der Waals surface area contributed by atoms with Crippen LogP contribution in [0.3, 0.4) is 0 Å². The maximum absolute atomic E-state index is 12.4. The molecular weight excluding hydrogens is 259 g/mol. The summed E-state index contributed by atoms with van der Waals surface area (Å²) < 4.78 is 45.7. The minimum atomic E-state index is -4.94. The van der Waals surface area contributed by atoms with Gasteiger partial charge < -0.3 is 19.9 Å². The monoisotopic (exact) mass is 271 g/mol. The number of alkyl halides is 3. The Hall–Kier alpha value is -1.77. The summed E-state index contributed by atoms with van der Waals surface area (Å²) in [6.45, 7) is 2.95. The Morgan fingerprint density at radius 2 is 2.06 bits per heavy atom. The summed E-state index contributed by atoms with van der Waals surface area (Å²) in [5, 5.41) is 10.2. The molecule has 0 saturated carbocycles. The van der Waals surface area contributed by atoms with Crippen molar-refractivity contribution in [2.75, 3.05) is 13.7 Å². The van der Waals surface area contributed by atoms with Crippen LogP contribution >= 0.6 is 0 Å². The predicted molar refractivity (Wildman–Crippen MR) is 53.0 cm³/mol. The fourth-order valence-electron chi connectivity index (χ4n) is 1.03. The molecule has 0 aromatic heterocycles. The summed E-state index contributed by atoms with van der Waals surface area (Å²) in [6.07, 6.45) is -7.75. The van der Waals surface area contributed by atoms with E-state index in [9.17, 15) is 22.8 Å². The third kappa shape index (κ3) is 5.04. The number of carboxylic acids is 1. The first-order valence-corrected chi connectivity index (χ1v) is 4.60. The van der Waals surface area contributed by atoms with E-state index in [1.807, 2.05) is 0 Å². The number of alkyl carbamates (subject to hydrolysis) is 1. The van der Waals surface area contributed by atoms with E-state index in [-0.39, 0.29) is 6.61 Å². The van der Waals surface area contributed by atoms with E-state index in [4.69, 9.17) is 5.11 Å². The number of carboxylic acid groups (broad SMARTS) is 1. The third-order valence-electron chi connectivity index (χ3n) is 1.75. The molecule has 0 radical (unpaired) electrons. The topological polar surface area (TPSA) is 84.9 Å². The first kappa shape index (κ1) is 16.2. The van der Waals surface area contributed by atoms with Gasteiger partial charge in [-0.3, -0.25) is 0 Å². The Bertz CT molecular complexity index is 318. The van der Waals surface area contributed by atoms with Gasteiger partial charge in [0.25, 0.3) is 0 Å². The minimum absolute atomic E-state index is 0.262. The van der Waals surface area contributed by atoms with E-state index < -0.39 is 30.4 Å². The zero-order valence-electron chi connectivity index (χ0n) is 9.36. The quantitative estimate of drug-likeness (QED) is 0.702. The Balaban J connectivity index is 4.80. The van der Waals surface area contributed by atoms with Crippen molar-refractivity contribution in [1.29, 1.82) is 0 Å². The van der Waals surface area contributed by atoms with Crippen LogP contribution in [0, 0.1) is 0 Å². The average Bonchev–Trinajstić information content (AvgIpc) is 2.23. The van der Waals surface area contributed by atoms with Gasteiger partial charge in [-0.05, 0) is 0 Å². The van der Waals surface area contributed by atoms with Crippen LogP contribution in [0.2, 0.25) is 0 Å². The van der Waals surface area contributed by atoms with Crippen molar-refractivity contribution in [2.45, 2.75) is 18.3 Å². The fourth-order valence-corrected chi connectivity index (χ4v) is 1.03. The molecule has 6 nitrogen and oxygen atoms in total. The maximum atomic E-state index is 12.4. The van der Waals surface area contributed by atoms with Crippen molar-refractivity contribution in [2.24, 2.45) is 0 Å². The van der Waals surface area contributed by atoms with Crippen LogP contribution in [0.4, 0.5) is 18.0 Å². The van der Waals surface area contributed by atoms with E-state index in [0.29, 0.717) is 7.11 Å². The van der Waals surface area contributed by atoms with E-state index in [1.54, 1.807) is 5.32 Å². The molecular formula is C9H12F3NO5. The van der Waals surface area contributed by atoms with Gasteiger partial charge in [0.05, 0.1) is 0 Å². The molecule has 2 unspecified atom stereocenters. The van der Waals surface area contributed by atoms with Crippen LogP contribution in [0.15, 0.2) is 12.7 Å². The Kier molecular flexibility index (Phi) is 6.17. The molecule has 0 saturated heterocycles. The number of amides is 1. The number of carbonyl (C=O) groups excluding carboxylic acids is 1. The van der Waals surface area contributed by atoms with Gasteiger partial charge in [0.15, 0.2) is 12.1 Å². The summed E-state index contributed by atoms with van der Waals surface area (Å²) in [7, 11) is 0.685. The average molecular weight is 271 g/mol. The third-order valence-corrected chi connectivity index (χ3v) is 1.75.